The van der Waals surface area contributed by atoms with Gasteiger partial charge in [0.2, 0.25) is 0 Å². The summed E-state index contributed by atoms with van der Waals surface area (Å²) in [6, 6.07) is 0.437. The Morgan fingerprint density at radius 2 is 2.64 bits per heavy atom. The highest BCUT2D eigenvalue weighted by Crippen LogP contribution is 2.21. The Bertz CT molecular complexity index is 238. The minimum absolute atomic E-state index is 0.437. The molecule has 0 aromatic carbocycles. The highest BCUT2D eigenvalue weighted by Gasteiger charge is 2.18. The van der Waals surface area contributed by atoms with Gasteiger partial charge in [0.05, 0.1) is 11.7 Å². The normalized spacial score (nSPS) is 24.3. The van der Waals surface area contributed by atoms with Gasteiger partial charge in [-0.3, -0.25) is 0 Å². The first-order valence-corrected chi connectivity index (χ1v) is 4.01. The van der Waals surface area contributed by atoms with Crippen molar-refractivity contribution in [1.82, 2.24) is 10.3 Å². The highest BCUT2D eigenvalue weighted by molar-refractivity contribution is 5.04. The van der Waals surface area contributed by atoms with Crippen molar-refractivity contribution in [2.24, 2.45) is 0 Å². The Hall–Kier alpha value is -0.830. The maximum atomic E-state index is 5.13. The van der Waals surface area contributed by atoms with E-state index >= 15 is 0 Å². The Morgan fingerprint density at radius 3 is 3.18 bits per heavy atom. The number of oxazole rings is 1. The molecule has 1 atom stereocenters. The zero-order chi connectivity index (χ0) is 7.68. The molecule has 1 fully saturated rings. The zero-order valence-corrected chi connectivity index (χ0v) is 6.63. The minimum Gasteiger partial charge on any atom is -0.449 e. The summed E-state index contributed by atoms with van der Waals surface area (Å²) in [7, 11) is 0. The van der Waals surface area contributed by atoms with E-state index in [1.165, 1.54) is 12.8 Å². The van der Waals surface area contributed by atoms with Crippen LogP contribution in [-0.2, 0) is 0 Å². The third kappa shape index (κ3) is 1.28. The van der Waals surface area contributed by atoms with Gasteiger partial charge in [-0.05, 0) is 19.4 Å². The standard InChI is InChI=1S/C8H12N2O/c1-6-10-8(5-11-6)7-3-2-4-9-7/h5,7,9H,2-4H2,1H3/t7-/m0/s1. The molecule has 0 aliphatic carbocycles. The fourth-order valence-corrected chi connectivity index (χ4v) is 1.48. The Labute approximate surface area is 65.8 Å². The third-order valence-electron chi connectivity index (χ3n) is 2.05. The van der Waals surface area contributed by atoms with Crippen molar-refractivity contribution in [1.29, 1.82) is 0 Å². The van der Waals surface area contributed by atoms with Crippen molar-refractivity contribution in [2.75, 3.05) is 6.54 Å². The summed E-state index contributed by atoms with van der Waals surface area (Å²) in [5.74, 6) is 0.758. The van der Waals surface area contributed by atoms with E-state index in [0.29, 0.717) is 6.04 Å². The average Bonchev–Trinajstić information content (AvgIpc) is 2.55. The number of aromatic nitrogens is 1. The van der Waals surface area contributed by atoms with Gasteiger partial charge in [-0.15, -0.1) is 0 Å². The van der Waals surface area contributed by atoms with Crippen LogP contribution in [0.5, 0.6) is 0 Å². The molecule has 0 saturated carbocycles. The molecule has 3 nitrogen and oxygen atoms in total. The minimum atomic E-state index is 0.437. The molecule has 0 bridgehead atoms. The van der Waals surface area contributed by atoms with Gasteiger partial charge in [-0.2, -0.15) is 0 Å². The van der Waals surface area contributed by atoms with Crippen molar-refractivity contribution >= 4 is 0 Å². The summed E-state index contributed by atoms with van der Waals surface area (Å²) in [4.78, 5) is 4.26. The zero-order valence-electron chi connectivity index (χ0n) is 6.63. The van der Waals surface area contributed by atoms with Crippen LogP contribution >= 0.6 is 0 Å². The predicted octanol–water partition coefficient (Wildman–Crippen LogP) is 1.41. The van der Waals surface area contributed by atoms with Gasteiger partial charge in [-0.1, -0.05) is 0 Å². The topological polar surface area (TPSA) is 38.1 Å². The molecule has 1 saturated heterocycles. The predicted molar refractivity (Wildman–Crippen MR) is 41.2 cm³/mol. The summed E-state index contributed by atoms with van der Waals surface area (Å²) >= 11 is 0. The number of hydrogen-bond acceptors (Lipinski definition) is 3. The molecule has 11 heavy (non-hydrogen) atoms. The summed E-state index contributed by atoms with van der Waals surface area (Å²) in [5, 5.41) is 3.36. The average molecular weight is 152 g/mol. The molecule has 1 aliphatic heterocycles. The first-order valence-electron chi connectivity index (χ1n) is 4.01. The van der Waals surface area contributed by atoms with E-state index in [9.17, 15) is 0 Å². The first-order chi connectivity index (χ1) is 5.36. The number of nitrogens with zero attached hydrogens (tertiary/aromatic N) is 1. The molecule has 3 heteroatoms. The van der Waals surface area contributed by atoms with Crippen LogP contribution in [0.1, 0.15) is 30.5 Å². The van der Waals surface area contributed by atoms with Gasteiger partial charge in [0.1, 0.15) is 6.26 Å². The monoisotopic (exact) mass is 152 g/mol. The van der Waals surface area contributed by atoms with Crippen molar-refractivity contribution in [3.05, 3.63) is 17.8 Å². The molecular formula is C8H12N2O. The molecule has 1 aliphatic rings. The molecule has 1 N–H and O–H groups in total. The van der Waals surface area contributed by atoms with Crippen LogP contribution in [0, 0.1) is 6.92 Å². The van der Waals surface area contributed by atoms with Crippen LogP contribution in [0.15, 0.2) is 10.7 Å². The van der Waals surface area contributed by atoms with Gasteiger partial charge in [0.25, 0.3) is 0 Å². The molecule has 0 unspecified atom stereocenters. The van der Waals surface area contributed by atoms with Gasteiger partial charge in [0, 0.05) is 6.92 Å². The van der Waals surface area contributed by atoms with E-state index in [1.54, 1.807) is 6.26 Å². The lowest BCUT2D eigenvalue weighted by Crippen LogP contribution is -2.12. The maximum absolute atomic E-state index is 5.13. The summed E-state index contributed by atoms with van der Waals surface area (Å²) in [6.07, 6.45) is 4.18. The van der Waals surface area contributed by atoms with Crippen LogP contribution < -0.4 is 5.32 Å². The van der Waals surface area contributed by atoms with Crippen molar-refractivity contribution in [3.8, 4) is 0 Å². The quantitative estimate of drug-likeness (QED) is 0.661. The SMILES string of the molecule is Cc1nc([C@@H]2CCCN2)co1. The maximum Gasteiger partial charge on any atom is 0.191 e. The Kier molecular flexibility index (Phi) is 1.66. The lowest BCUT2D eigenvalue weighted by atomic mass is 10.2. The second-order valence-electron chi connectivity index (χ2n) is 2.94. The van der Waals surface area contributed by atoms with E-state index in [4.69, 9.17) is 4.42 Å². The van der Waals surface area contributed by atoms with E-state index < -0.39 is 0 Å². The first kappa shape index (κ1) is 6.85. The fraction of sp³-hybridized carbons (Fsp3) is 0.625. The molecule has 0 radical (unpaired) electrons. The molecule has 1 aromatic rings. The number of hydrogen-bond donors (Lipinski definition) is 1. The second kappa shape index (κ2) is 2.66. The van der Waals surface area contributed by atoms with Crippen LogP contribution in [0.4, 0.5) is 0 Å². The number of nitrogens with one attached hydrogen (secondary N) is 1. The van der Waals surface area contributed by atoms with Crippen LogP contribution in [-0.4, -0.2) is 11.5 Å². The van der Waals surface area contributed by atoms with Gasteiger partial charge in [-0.25, -0.2) is 4.98 Å². The van der Waals surface area contributed by atoms with Gasteiger partial charge < -0.3 is 9.73 Å². The Morgan fingerprint density at radius 1 is 1.73 bits per heavy atom. The van der Waals surface area contributed by atoms with Crippen molar-refractivity contribution < 1.29 is 4.42 Å². The molecule has 2 heterocycles. The van der Waals surface area contributed by atoms with E-state index in [0.717, 1.165) is 18.1 Å². The smallest absolute Gasteiger partial charge is 0.191 e. The molecule has 1 aromatic heterocycles. The summed E-state index contributed by atoms with van der Waals surface area (Å²) < 4.78 is 5.13. The second-order valence-corrected chi connectivity index (χ2v) is 2.94. The Balaban J connectivity index is 2.15. The molecule has 2 rings (SSSR count). The van der Waals surface area contributed by atoms with Crippen LogP contribution in [0.25, 0.3) is 0 Å². The number of aryl methyl sites for hydroxylation is 1. The lowest BCUT2D eigenvalue weighted by molar-refractivity contribution is 0.518. The van der Waals surface area contributed by atoms with E-state index in [1.807, 2.05) is 6.92 Å². The third-order valence-corrected chi connectivity index (χ3v) is 2.05. The molecule has 60 valence electrons. The molecule has 0 spiro atoms. The highest BCUT2D eigenvalue weighted by atomic mass is 16.3. The number of rotatable bonds is 1. The van der Waals surface area contributed by atoms with Crippen molar-refractivity contribution in [3.63, 3.8) is 0 Å². The summed E-state index contributed by atoms with van der Waals surface area (Å²) in [5.41, 5.74) is 1.06. The molecular weight excluding hydrogens is 140 g/mol. The van der Waals surface area contributed by atoms with Crippen LogP contribution in [0.2, 0.25) is 0 Å². The molecule has 0 amide bonds. The van der Waals surface area contributed by atoms with Gasteiger partial charge in [0.15, 0.2) is 5.89 Å². The largest absolute Gasteiger partial charge is 0.449 e. The van der Waals surface area contributed by atoms with Crippen molar-refractivity contribution in [2.45, 2.75) is 25.8 Å². The lowest BCUT2D eigenvalue weighted by Gasteiger charge is -2.03. The van der Waals surface area contributed by atoms with E-state index in [2.05, 4.69) is 10.3 Å². The van der Waals surface area contributed by atoms with Gasteiger partial charge >= 0.3 is 0 Å². The van der Waals surface area contributed by atoms with E-state index in [-0.39, 0.29) is 0 Å². The van der Waals surface area contributed by atoms with Crippen LogP contribution in [0.3, 0.4) is 0 Å². The fourth-order valence-electron chi connectivity index (χ4n) is 1.48. The summed E-state index contributed by atoms with van der Waals surface area (Å²) in [6.45, 7) is 2.98.